The van der Waals surface area contributed by atoms with Gasteiger partial charge in [0.2, 0.25) is 10.0 Å². The normalized spacial score (nSPS) is 17.6. The molecule has 0 aliphatic carbocycles. The highest BCUT2D eigenvalue weighted by Crippen LogP contribution is 2.22. The van der Waals surface area contributed by atoms with Crippen molar-refractivity contribution in [1.29, 1.82) is 0 Å². The van der Waals surface area contributed by atoms with Gasteiger partial charge in [-0.05, 0) is 65.8 Å². The van der Waals surface area contributed by atoms with Crippen LogP contribution in [0.4, 0.5) is 0 Å². The van der Waals surface area contributed by atoms with Crippen molar-refractivity contribution in [3.05, 3.63) is 21.3 Å². The second-order valence-electron chi connectivity index (χ2n) is 7.72. The number of thiophene rings is 1. The van der Waals surface area contributed by atoms with Crippen LogP contribution >= 0.6 is 22.9 Å². The van der Waals surface area contributed by atoms with Crippen molar-refractivity contribution in [1.82, 2.24) is 14.9 Å². The Morgan fingerprint density at radius 2 is 1.96 bits per heavy atom. The van der Waals surface area contributed by atoms with Crippen LogP contribution in [0.25, 0.3) is 0 Å². The number of likely N-dealkylation sites (tertiary alicyclic amines) is 1. The van der Waals surface area contributed by atoms with E-state index in [1.807, 2.05) is 0 Å². The van der Waals surface area contributed by atoms with Crippen molar-refractivity contribution in [3.8, 4) is 0 Å². The van der Waals surface area contributed by atoms with Crippen molar-refractivity contribution in [2.45, 2.75) is 58.2 Å². The number of hydrogen-bond acceptors (Lipinski definition) is 5. The molecule has 2 heterocycles. The number of carbonyl (C=O) groups excluding carboxylic acids is 1. The van der Waals surface area contributed by atoms with E-state index in [4.69, 9.17) is 11.6 Å². The van der Waals surface area contributed by atoms with Crippen LogP contribution in [0.5, 0.6) is 0 Å². The summed E-state index contributed by atoms with van der Waals surface area (Å²) < 4.78 is 28.4. The number of amides is 1. The van der Waals surface area contributed by atoms with Crippen molar-refractivity contribution in [2.24, 2.45) is 0 Å². The first kappa shape index (κ1) is 21.6. The third-order valence-corrected chi connectivity index (χ3v) is 7.43. The van der Waals surface area contributed by atoms with Crippen LogP contribution in [0.1, 0.15) is 50.2 Å². The summed E-state index contributed by atoms with van der Waals surface area (Å²) in [6.45, 7) is 9.50. The molecule has 0 radical (unpaired) electrons. The molecule has 0 bridgehead atoms. The van der Waals surface area contributed by atoms with E-state index in [2.05, 4.69) is 28.8 Å². The maximum atomic E-state index is 12.6. The standard InChI is InChI=1S/C17H28ClN3O3S2/c1-12(2)21-9-7-13(8-10-21)20-26(23,24)11-17(3,4)19-16(22)14-5-6-15(18)25-14/h5-6,12-13,20H,7-11H2,1-4H3,(H,19,22). The number of rotatable bonds is 7. The topological polar surface area (TPSA) is 78.5 Å². The minimum atomic E-state index is -3.51. The number of hydrogen-bond donors (Lipinski definition) is 2. The van der Waals surface area contributed by atoms with Gasteiger partial charge in [0.1, 0.15) is 0 Å². The predicted molar refractivity (Wildman–Crippen MR) is 108 cm³/mol. The van der Waals surface area contributed by atoms with E-state index in [-0.39, 0.29) is 17.7 Å². The Morgan fingerprint density at radius 1 is 1.35 bits per heavy atom. The van der Waals surface area contributed by atoms with E-state index in [0.717, 1.165) is 25.9 Å². The first-order valence-corrected chi connectivity index (χ1v) is 11.6. The van der Waals surface area contributed by atoms with Gasteiger partial charge in [-0.2, -0.15) is 0 Å². The van der Waals surface area contributed by atoms with Crippen LogP contribution in [0.2, 0.25) is 4.34 Å². The second-order valence-corrected chi connectivity index (χ2v) is 11.2. The van der Waals surface area contributed by atoms with E-state index in [1.165, 1.54) is 11.3 Å². The molecule has 0 saturated carbocycles. The number of nitrogens with zero attached hydrogens (tertiary/aromatic N) is 1. The molecular formula is C17H28ClN3O3S2. The van der Waals surface area contributed by atoms with Gasteiger partial charge in [0.05, 0.1) is 20.5 Å². The zero-order chi connectivity index (χ0) is 19.5. The van der Waals surface area contributed by atoms with Gasteiger partial charge in [0, 0.05) is 12.1 Å². The third kappa shape index (κ3) is 6.49. The molecule has 1 fully saturated rings. The summed E-state index contributed by atoms with van der Waals surface area (Å²) >= 11 is 7.02. The molecule has 0 spiro atoms. The molecule has 2 rings (SSSR count). The van der Waals surface area contributed by atoms with E-state index in [0.29, 0.717) is 15.3 Å². The fraction of sp³-hybridized carbons (Fsp3) is 0.706. The fourth-order valence-corrected chi connectivity index (χ4v) is 5.93. The van der Waals surface area contributed by atoms with Crippen LogP contribution in [0, 0.1) is 0 Å². The van der Waals surface area contributed by atoms with Gasteiger partial charge in [-0.15, -0.1) is 11.3 Å². The van der Waals surface area contributed by atoms with Gasteiger partial charge in [0.15, 0.2) is 0 Å². The Kier molecular flexibility index (Phi) is 7.12. The molecule has 0 unspecified atom stereocenters. The minimum absolute atomic E-state index is 0.0439. The molecule has 1 aliphatic heterocycles. The second kappa shape index (κ2) is 8.56. The summed E-state index contributed by atoms with van der Waals surface area (Å²) in [7, 11) is -3.51. The summed E-state index contributed by atoms with van der Waals surface area (Å²) in [5.74, 6) is -0.484. The Hall–Kier alpha value is -0.670. The van der Waals surface area contributed by atoms with Gasteiger partial charge in [0.25, 0.3) is 5.91 Å². The lowest BCUT2D eigenvalue weighted by atomic mass is 10.1. The number of sulfonamides is 1. The third-order valence-electron chi connectivity index (χ3n) is 4.41. The molecule has 2 N–H and O–H groups in total. The summed E-state index contributed by atoms with van der Waals surface area (Å²) in [4.78, 5) is 15.1. The molecule has 1 amide bonds. The quantitative estimate of drug-likeness (QED) is 0.709. The molecule has 1 aliphatic rings. The molecule has 148 valence electrons. The monoisotopic (exact) mass is 421 g/mol. The van der Waals surface area contributed by atoms with E-state index in [9.17, 15) is 13.2 Å². The fourth-order valence-electron chi connectivity index (χ4n) is 3.15. The van der Waals surface area contributed by atoms with Crippen molar-refractivity contribution < 1.29 is 13.2 Å². The first-order chi connectivity index (χ1) is 12.0. The van der Waals surface area contributed by atoms with Crippen LogP contribution in [0.15, 0.2) is 12.1 Å². The molecule has 0 aromatic carbocycles. The van der Waals surface area contributed by atoms with Crippen molar-refractivity contribution >= 4 is 38.9 Å². The molecule has 0 atom stereocenters. The molecular weight excluding hydrogens is 394 g/mol. The number of piperidine rings is 1. The average Bonchev–Trinajstić information content (AvgIpc) is 2.92. The smallest absolute Gasteiger partial charge is 0.261 e. The molecule has 9 heteroatoms. The van der Waals surface area contributed by atoms with Gasteiger partial charge >= 0.3 is 0 Å². The number of halogens is 1. The molecule has 26 heavy (non-hydrogen) atoms. The first-order valence-electron chi connectivity index (χ1n) is 8.79. The zero-order valence-corrected chi connectivity index (χ0v) is 18.1. The van der Waals surface area contributed by atoms with Gasteiger partial charge in [-0.3, -0.25) is 4.79 Å². The maximum Gasteiger partial charge on any atom is 0.261 e. The highest BCUT2D eigenvalue weighted by molar-refractivity contribution is 7.89. The summed E-state index contributed by atoms with van der Waals surface area (Å²) in [5.41, 5.74) is -0.891. The Balaban J connectivity index is 1.89. The number of nitrogens with one attached hydrogen (secondary N) is 2. The molecule has 1 aromatic rings. The van der Waals surface area contributed by atoms with Gasteiger partial charge in [-0.1, -0.05) is 11.6 Å². The van der Waals surface area contributed by atoms with Gasteiger partial charge in [-0.25, -0.2) is 13.1 Å². The average molecular weight is 422 g/mol. The van der Waals surface area contributed by atoms with E-state index in [1.54, 1.807) is 26.0 Å². The van der Waals surface area contributed by atoms with Crippen LogP contribution in [0.3, 0.4) is 0 Å². The van der Waals surface area contributed by atoms with Gasteiger partial charge < -0.3 is 10.2 Å². The maximum absolute atomic E-state index is 12.6. The number of carbonyl (C=O) groups is 1. The predicted octanol–water partition coefficient (Wildman–Crippen LogP) is 2.70. The lowest BCUT2D eigenvalue weighted by Gasteiger charge is -2.35. The lowest BCUT2D eigenvalue weighted by Crippen LogP contribution is -2.53. The summed E-state index contributed by atoms with van der Waals surface area (Å²) in [6.07, 6.45) is 1.61. The minimum Gasteiger partial charge on any atom is -0.345 e. The highest BCUT2D eigenvalue weighted by Gasteiger charge is 2.31. The highest BCUT2D eigenvalue weighted by atomic mass is 35.5. The van der Waals surface area contributed by atoms with Crippen molar-refractivity contribution in [2.75, 3.05) is 18.8 Å². The Morgan fingerprint density at radius 3 is 2.46 bits per heavy atom. The Labute approximate surface area is 165 Å². The summed E-state index contributed by atoms with van der Waals surface area (Å²) in [5, 5.41) is 2.79. The zero-order valence-electron chi connectivity index (χ0n) is 15.7. The van der Waals surface area contributed by atoms with Crippen LogP contribution in [-0.2, 0) is 10.0 Å². The molecule has 1 saturated heterocycles. The van der Waals surface area contributed by atoms with E-state index < -0.39 is 15.6 Å². The summed E-state index contributed by atoms with van der Waals surface area (Å²) in [6, 6.07) is 3.72. The largest absolute Gasteiger partial charge is 0.345 e. The SMILES string of the molecule is CC(C)N1CCC(NS(=O)(=O)CC(C)(C)NC(=O)c2ccc(Cl)s2)CC1. The van der Waals surface area contributed by atoms with Crippen molar-refractivity contribution in [3.63, 3.8) is 0 Å². The van der Waals surface area contributed by atoms with Crippen LogP contribution in [-0.4, -0.2) is 55.7 Å². The van der Waals surface area contributed by atoms with Crippen LogP contribution < -0.4 is 10.0 Å². The Bertz CT molecular complexity index is 723. The molecule has 6 nitrogen and oxygen atoms in total. The van der Waals surface area contributed by atoms with E-state index >= 15 is 0 Å². The lowest BCUT2D eigenvalue weighted by molar-refractivity contribution is 0.0924. The molecule has 1 aromatic heterocycles.